The SMILES string of the molecule is CCCCC(CC)CN1c2c(cc(C(=O)c3c(C)cc(C)cc3C)c3ccccc23)C2C=C(/C(=N\OC(C)=O)c3ccc(OCC(C)(F)F)cc3OCC(F)(F)F)C=CC21. The number of anilines is 1. The fraction of sp³-hybridized carbons (Fsp3) is 0.396. The predicted molar refractivity (Wildman–Crippen MR) is 225 cm³/mol. The van der Waals surface area contributed by atoms with Gasteiger partial charge in [0.25, 0.3) is 5.92 Å². The molecule has 4 aromatic rings. The van der Waals surface area contributed by atoms with Crippen molar-refractivity contribution in [1.82, 2.24) is 0 Å². The number of allylic oxidation sites excluding steroid dienone is 2. The molecular weight excluding hydrogens is 780 g/mol. The number of unbranched alkanes of at least 4 members (excludes halogenated alkanes) is 1. The van der Waals surface area contributed by atoms with Gasteiger partial charge in [-0.15, -0.1) is 0 Å². The Labute approximate surface area is 347 Å². The summed E-state index contributed by atoms with van der Waals surface area (Å²) in [7, 11) is 0. The van der Waals surface area contributed by atoms with Gasteiger partial charge in [0.05, 0.1) is 6.04 Å². The van der Waals surface area contributed by atoms with Crippen LogP contribution in [0.25, 0.3) is 10.8 Å². The van der Waals surface area contributed by atoms with Crippen LogP contribution in [0.1, 0.15) is 103 Å². The van der Waals surface area contributed by atoms with Gasteiger partial charge in [-0.05, 0) is 73.4 Å². The van der Waals surface area contributed by atoms with Crippen LogP contribution in [0.5, 0.6) is 11.5 Å². The lowest BCUT2D eigenvalue weighted by Crippen LogP contribution is -2.37. The van der Waals surface area contributed by atoms with E-state index in [1.165, 1.54) is 12.1 Å². The van der Waals surface area contributed by atoms with Crippen molar-refractivity contribution in [3.05, 3.63) is 123 Å². The standard InChI is InChI=1S/C48H51F5N2O5/c1-8-10-13-32(9-2)25-55-41-19-16-33(44(54-60-31(6)56)37-18-17-34(58-26-47(7,49)50)23-42(37)59-27-48(51,52)53)22-38(41)39-24-40(35-14-11-12-15-36(35)45(39)55)46(57)43-29(4)20-28(3)21-30(43)5/h11-12,14-24,32,38,41H,8-10,13,25-27H2,1-7H3/b54-44+. The molecule has 3 atom stereocenters. The van der Waals surface area contributed by atoms with Crippen molar-refractivity contribution in [3.63, 3.8) is 0 Å². The smallest absolute Gasteiger partial charge is 0.422 e. The van der Waals surface area contributed by atoms with E-state index in [1.54, 1.807) is 6.08 Å². The van der Waals surface area contributed by atoms with E-state index in [0.29, 0.717) is 29.5 Å². The highest BCUT2D eigenvalue weighted by molar-refractivity contribution is 6.20. The lowest BCUT2D eigenvalue weighted by molar-refractivity contribution is -0.153. The number of ether oxygens (including phenoxy) is 2. The molecule has 0 aromatic heterocycles. The molecule has 1 heterocycles. The van der Waals surface area contributed by atoms with E-state index < -0.39 is 31.3 Å². The molecule has 6 rings (SSSR count). The van der Waals surface area contributed by atoms with E-state index in [4.69, 9.17) is 14.3 Å². The molecule has 1 aliphatic heterocycles. The Bertz CT molecular complexity index is 2340. The molecule has 1 aliphatic carbocycles. The monoisotopic (exact) mass is 830 g/mol. The lowest BCUT2D eigenvalue weighted by atomic mass is 9.83. The van der Waals surface area contributed by atoms with Gasteiger partial charge in [0, 0.05) is 65.7 Å². The summed E-state index contributed by atoms with van der Waals surface area (Å²) in [6, 6.07) is 17.4. The average Bonchev–Trinajstić information content (AvgIpc) is 3.49. The number of benzene rings is 4. The Morgan fingerprint density at radius 1 is 0.883 bits per heavy atom. The summed E-state index contributed by atoms with van der Waals surface area (Å²) in [6.07, 6.45) is 5.13. The number of oxime groups is 1. The van der Waals surface area contributed by atoms with Crippen molar-refractivity contribution in [3.8, 4) is 11.5 Å². The van der Waals surface area contributed by atoms with Gasteiger partial charge in [-0.2, -0.15) is 13.2 Å². The fourth-order valence-corrected chi connectivity index (χ4v) is 8.42. The molecule has 4 aromatic carbocycles. The lowest BCUT2D eigenvalue weighted by Gasteiger charge is -2.33. The first kappa shape index (κ1) is 44.0. The summed E-state index contributed by atoms with van der Waals surface area (Å²) < 4.78 is 78.6. The Balaban J connectivity index is 1.54. The minimum absolute atomic E-state index is 0.00541. The number of ketones is 1. The van der Waals surface area contributed by atoms with Gasteiger partial charge in [-0.3, -0.25) is 4.79 Å². The van der Waals surface area contributed by atoms with Crippen LogP contribution >= 0.6 is 0 Å². The van der Waals surface area contributed by atoms with Gasteiger partial charge in [0.15, 0.2) is 19.0 Å². The number of aryl methyl sites for hydroxylation is 3. The van der Waals surface area contributed by atoms with Crippen molar-refractivity contribution in [1.29, 1.82) is 0 Å². The van der Waals surface area contributed by atoms with Gasteiger partial charge in [-0.25, -0.2) is 13.6 Å². The summed E-state index contributed by atoms with van der Waals surface area (Å²) in [5.74, 6) is -4.63. The molecular formula is C48H51F5N2O5. The number of rotatable bonds is 16. The maximum absolute atomic E-state index is 14.7. The molecule has 318 valence electrons. The van der Waals surface area contributed by atoms with Crippen molar-refractivity contribution in [2.75, 3.05) is 24.7 Å². The number of halogens is 5. The summed E-state index contributed by atoms with van der Waals surface area (Å²) in [4.78, 5) is 34.5. The number of fused-ring (bicyclic) bond motifs is 5. The molecule has 60 heavy (non-hydrogen) atoms. The van der Waals surface area contributed by atoms with E-state index in [1.807, 2.05) is 75.4 Å². The minimum atomic E-state index is -4.74. The van der Waals surface area contributed by atoms with Gasteiger partial charge in [0.1, 0.15) is 17.2 Å². The summed E-state index contributed by atoms with van der Waals surface area (Å²) >= 11 is 0. The Morgan fingerprint density at radius 2 is 1.58 bits per heavy atom. The third kappa shape index (κ3) is 9.91. The van der Waals surface area contributed by atoms with Crippen LogP contribution in [-0.4, -0.2) is 55.4 Å². The van der Waals surface area contributed by atoms with Crippen LogP contribution in [0.2, 0.25) is 0 Å². The van der Waals surface area contributed by atoms with Crippen molar-refractivity contribution < 1.29 is 45.9 Å². The molecule has 0 saturated carbocycles. The highest BCUT2D eigenvalue weighted by Crippen LogP contribution is 2.50. The highest BCUT2D eigenvalue weighted by atomic mass is 19.4. The third-order valence-electron chi connectivity index (χ3n) is 11.0. The van der Waals surface area contributed by atoms with Crippen LogP contribution in [0.3, 0.4) is 0 Å². The van der Waals surface area contributed by atoms with Crippen LogP contribution in [0.15, 0.2) is 89.6 Å². The molecule has 0 N–H and O–H groups in total. The van der Waals surface area contributed by atoms with Crippen LogP contribution in [0.4, 0.5) is 27.6 Å². The zero-order valence-electron chi connectivity index (χ0n) is 35.0. The zero-order valence-corrected chi connectivity index (χ0v) is 35.0. The van der Waals surface area contributed by atoms with Crippen molar-refractivity contribution in [2.24, 2.45) is 11.1 Å². The topological polar surface area (TPSA) is 77.4 Å². The number of hydrogen-bond donors (Lipinski definition) is 0. The number of carbonyl (C=O) groups is 2. The van der Waals surface area contributed by atoms with E-state index in [0.717, 1.165) is 83.9 Å². The minimum Gasteiger partial charge on any atom is -0.487 e. The maximum atomic E-state index is 14.7. The van der Waals surface area contributed by atoms with Crippen LogP contribution < -0.4 is 14.4 Å². The number of hydrogen-bond acceptors (Lipinski definition) is 7. The Morgan fingerprint density at radius 3 is 2.22 bits per heavy atom. The maximum Gasteiger partial charge on any atom is 0.422 e. The molecule has 0 amide bonds. The van der Waals surface area contributed by atoms with E-state index in [-0.39, 0.29) is 40.5 Å². The van der Waals surface area contributed by atoms with E-state index in [2.05, 4.69) is 23.9 Å². The summed E-state index contributed by atoms with van der Waals surface area (Å²) in [5.41, 5.74) is 6.26. The normalized spacial score (nSPS) is 17.0. The molecule has 0 spiro atoms. The fourth-order valence-electron chi connectivity index (χ4n) is 8.42. The molecule has 3 unspecified atom stereocenters. The van der Waals surface area contributed by atoms with Crippen LogP contribution in [0, 0.1) is 26.7 Å². The largest absolute Gasteiger partial charge is 0.487 e. The average molecular weight is 831 g/mol. The molecule has 0 saturated heterocycles. The second-order valence-electron chi connectivity index (χ2n) is 16.0. The number of alkyl halides is 5. The molecule has 0 fully saturated rings. The van der Waals surface area contributed by atoms with Gasteiger partial charge >= 0.3 is 12.1 Å². The summed E-state index contributed by atoms with van der Waals surface area (Å²) in [5, 5.41) is 5.89. The van der Waals surface area contributed by atoms with E-state index in [9.17, 15) is 31.5 Å². The first-order valence-corrected chi connectivity index (χ1v) is 20.3. The second-order valence-corrected chi connectivity index (χ2v) is 16.0. The van der Waals surface area contributed by atoms with Gasteiger partial charge in [-0.1, -0.05) is 98.5 Å². The molecule has 0 bridgehead atoms. The molecule has 12 heteroatoms. The van der Waals surface area contributed by atoms with E-state index >= 15 is 0 Å². The quantitative estimate of drug-likeness (QED) is 0.0368. The Hall–Kier alpha value is -5.52. The van der Waals surface area contributed by atoms with Gasteiger partial charge in [0.2, 0.25) is 0 Å². The van der Waals surface area contributed by atoms with Crippen molar-refractivity contribution in [2.45, 2.75) is 98.2 Å². The molecule has 0 radical (unpaired) electrons. The third-order valence-corrected chi connectivity index (χ3v) is 11.0. The molecule has 7 nitrogen and oxygen atoms in total. The number of nitrogens with zero attached hydrogens (tertiary/aromatic N) is 2. The van der Waals surface area contributed by atoms with Crippen LogP contribution in [-0.2, 0) is 9.63 Å². The second kappa shape index (κ2) is 18.0. The summed E-state index contributed by atoms with van der Waals surface area (Å²) in [6.45, 7) is 10.1. The first-order valence-electron chi connectivity index (χ1n) is 20.3. The zero-order chi connectivity index (χ0) is 43.5. The molecule has 2 aliphatic rings. The number of carbonyl (C=O) groups excluding carboxylic acids is 2. The predicted octanol–water partition coefficient (Wildman–Crippen LogP) is 11.9. The van der Waals surface area contributed by atoms with Gasteiger partial charge < -0.3 is 19.2 Å². The Kier molecular flexibility index (Phi) is 13.2. The van der Waals surface area contributed by atoms with Crippen molar-refractivity contribution >= 4 is 33.9 Å². The highest BCUT2D eigenvalue weighted by Gasteiger charge is 2.41. The first-order chi connectivity index (χ1) is 28.4.